The maximum absolute atomic E-state index is 13.2. The number of carbonyl (C=O) groups excluding carboxylic acids is 2. The summed E-state index contributed by atoms with van der Waals surface area (Å²) < 4.78 is 0. The van der Waals surface area contributed by atoms with Crippen LogP contribution in [0.3, 0.4) is 0 Å². The standard InChI is InChI=1S/C26H28ClN5O2/c1-15(2)28-13-21(17-4-8-19(27)9-5-17)26(34)31-20-10-6-18(7-11-20)24-23-16(3)12-22(33)32-25(23)30-14-29-24/h4-11,14-16,21,28H,12-13H2,1-3H3,(H,31,34)(H,29,30,32,33). The van der Waals surface area contributed by atoms with Gasteiger partial charge in [0, 0.05) is 40.8 Å². The fraction of sp³-hybridized carbons (Fsp3) is 0.308. The molecule has 0 aliphatic carbocycles. The van der Waals surface area contributed by atoms with E-state index in [4.69, 9.17) is 11.6 Å². The molecule has 8 heteroatoms. The maximum Gasteiger partial charge on any atom is 0.233 e. The van der Waals surface area contributed by atoms with E-state index in [1.807, 2.05) is 57.2 Å². The van der Waals surface area contributed by atoms with Crippen molar-refractivity contribution in [3.05, 3.63) is 71.0 Å². The number of nitrogens with one attached hydrogen (secondary N) is 3. The van der Waals surface area contributed by atoms with Crippen LogP contribution in [0.15, 0.2) is 54.9 Å². The Hall–Kier alpha value is -3.29. The van der Waals surface area contributed by atoms with Crippen molar-refractivity contribution in [2.75, 3.05) is 17.2 Å². The first-order valence-electron chi connectivity index (χ1n) is 11.4. The lowest BCUT2D eigenvalue weighted by atomic mass is 9.90. The summed E-state index contributed by atoms with van der Waals surface area (Å²) >= 11 is 6.03. The van der Waals surface area contributed by atoms with E-state index in [1.165, 1.54) is 6.33 Å². The average Bonchev–Trinajstić information content (AvgIpc) is 2.80. The number of hydrogen-bond acceptors (Lipinski definition) is 5. The largest absolute Gasteiger partial charge is 0.326 e. The first kappa shape index (κ1) is 23.9. The molecule has 0 saturated carbocycles. The van der Waals surface area contributed by atoms with Gasteiger partial charge in [-0.25, -0.2) is 9.97 Å². The molecule has 0 spiro atoms. The summed E-state index contributed by atoms with van der Waals surface area (Å²) in [6.45, 7) is 6.61. The molecule has 1 aliphatic rings. The van der Waals surface area contributed by atoms with Crippen LogP contribution in [0.1, 0.15) is 50.2 Å². The van der Waals surface area contributed by atoms with E-state index in [1.54, 1.807) is 12.1 Å². The molecule has 4 rings (SSSR count). The Morgan fingerprint density at radius 3 is 2.50 bits per heavy atom. The fourth-order valence-corrected chi connectivity index (χ4v) is 4.23. The number of carbonyl (C=O) groups is 2. The number of anilines is 2. The van der Waals surface area contributed by atoms with Gasteiger partial charge >= 0.3 is 0 Å². The van der Waals surface area contributed by atoms with Crippen LogP contribution in [0.5, 0.6) is 0 Å². The van der Waals surface area contributed by atoms with Crippen molar-refractivity contribution in [3.63, 3.8) is 0 Å². The van der Waals surface area contributed by atoms with Crippen LogP contribution < -0.4 is 16.0 Å². The summed E-state index contributed by atoms with van der Waals surface area (Å²) in [5, 5.41) is 9.85. The zero-order valence-corrected chi connectivity index (χ0v) is 20.2. The third-order valence-electron chi connectivity index (χ3n) is 5.87. The molecule has 1 aromatic heterocycles. The van der Waals surface area contributed by atoms with E-state index < -0.39 is 0 Å². The van der Waals surface area contributed by atoms with Crippen molar-refractivity contribution in [3.8, 4) is 11.3 Å². The molecule has 0 radical (unpaired) electrons. The second-order valence-corrected chi connectivity index (χ2v) is 9.31. The summed E-state index contributed by atoms with van der Waals surface area (Å²) in [4.78, 5) is 33.8. The lowest BCUT2D eigenvalue weighted by Gasteiger charge is -2.23. The summed E-state index contributed by atoms with van der Waals surface area (Å²) in [5.41, 5.74) is 4.21. The van der Waals surface area contributed by atoms with E-state index in [0.29, 0.717) is 29.5 Å². The van der Waals surface area contributed by atoms with Gasteiger partial charge in [0.1, 0.15) is 12.1 Å². The highest BCUT2D eigenvalue weighted by atomic mass is 35.5. The Morgan fingerprint density at radius 2 is 1.82 bits per heavy atom. The molecule has 34 heavy (non-hydrogen) atoms. The van der Waals surface area contributed by atoms with Crippen LogP contribution in [0.2, 0.25) is 5.02 Å². The molecule has 3 N–H and O–H groups in total. The van der Waals surface area contributed by atoms with Gasteiger partial charge in [-0.1, -0.05) is 56.6 Å². The van der Waals surface area contributed by atoms with Crippen LogP contribution in [0, 0.1) is 0 Å². The number of aromatic nitrogens is 2. The minimum absolute atomic E-state index is 0.0212. The average molecular weight is 478 g/mol. The van der Waals surface area contributed by atoms with Crippen molar-refractivity contribution < 1.29 is 9.59 Å². The van der Waals surface area contributed by atoms with Gasteiger partial charge in [-0.3, -0.25) is 9.59 Å². The summed E-state index contributed by atoms with van der Waals surface area (Å²) in [6, 6.07) is 15.2. The Kier molecular flexibility index (Phi) is 7.24. The Balaban J connectivity index is 1.54. The lowest BCUT2D eigenvalue weighted by Crippen LogP contribution is -2.34. The maximum atomic E-state index is 13.2. The predicted molar refractivity (Wildman–Crippen MR) is 135 cm³/mol. The van der Waals surface area contributed by atoms with Crippen LogP contribution in [-0.4, -0.2) is 34.4 Å². The quantitative estimate of drug-likeness (QED) is 0.446. The molecule has 2 amide bonds. The topological polar surface area (TPSA) is 96.0 Å². The van der Waals surface area contributed by atoms with Crippen molar-refractivity contribution >= 4 is 34.9 Å². The molecular formula is C26H28ClN5O2. The van der Waals surface area contributed by atoms with Crippen LogP contribution in [-0.2, 0) is 9.59 Å². The molecule has 0 fully saturated rings. The zero-order chi connectivity index (χ0) is 24.2. The van der Waals surface area contributed by atoms with Gasteiger partial charge in [0.2, 0.25) is 11.8 Å². The Morgan fingerprint density at radius 1 is 1.12 bits per heavy atom. The normalized spacial score (nSPS) is 16.0. The van der Waals surface area contributed by atoms with Crippen LogP contribution in [0.4, 0.5) is 11.5 Å². The number of rotatable bonds is 7. The minimum Gasteiger partial charge on any atom is -0.326 e. The molecule has 176 valence electrons. The SMILES string of the molecule is CC(C)NCC(C(=O)Nc1ccc(-c2ncnc3c2C(C)CC(=O)N3)cc1)c1ccc(Cl)cc1. The molecule has 0 saturated heterocycles. The third-order valence-corrected chi connectivity index (χ3v) is 6.12. The van der Waals surface area contributed by atoms with Crippen LogP contribution >= 0.6 is 11.6 Å². The van der Waals surface area contributed by atoms with E-state index in [2.05, 4.69) is 25.9 Å². The number of hydrogen-bond donors (Lipinski definition) is 3. The minimum atomic E-state index is -0.363. The van der Waals surface area contributed by atoms with Crippen molar-refractivity contribution in [2.45, 2.75) is 45.1 Å². The van der Waals surface area contributed by atoms with E-state index >= 15 is 0 Å². The highest BCUT2D eigenvalue weighted by molar-refractivity contribution is 6.30. The lowest BCUT2D eigenvalue weighted by molar-refractivity contribution is -0.118. The highest BCUT2D eigenvalue weighted by Gasteiger charge is 2.27. The molecule has 7 nitrogen and oxygen atoms in total. The van der Waals surface area contributed by atoms with E-state index in [9.17, 15) is 9.59 Å². The smallest absolute Gasteiger partial charge is 0.233 e. The molecule has 2 heterocycles. The first-order chi connectivity index (χ1) is 16.3. The summed E-state index contributed by atoms with van der Waals surface area (Å²) in [6.07, 6.45) is 1.86. The van der Waals surface area contributed by atoms with Gasteiger partial charge < -0.3 is 16.0 Å². The monoisotopic (exact) mass is 477 g/mol. The number of nitrogens with zero attached hydrogens (tertiary/aromatic N) is 2. The fourth-order valence-electron chi connectivity index (χ4n) is 4.11. The number of fused-ring (bicyclic) bond motifs is 1. The van der Waals surface area contributed by atoms with Gasteiger partial charge in [-0.2, -0.15) is 0 Å². The van der Waals surface area contributed by atoms with E-state index in [-0.39, 0.29) is 29.7 Å². The number of amides is 2. The second kappa shape index (κ2) is 10.3. The van der Waals surface area contributed by atoms with Gasteiger partial charge in [-0.15, -0.1) is 0 Å². The third kappa shape index (κ3) is 5.43. The highest BCUT2D eigenvalue weighted by Crippen LogP contribution is 2.37. The first-order valence-corrected chi connectivity index (χ1v) is 11.7. The zero-order valence-electron chi connectivity index (χ0n) is 19.4. The van der Waals surface area contributed by atoms with Crippen molar-refractivity contribution in [1.29, 1.82) is 0 Å². The Labute approximate surface area is 204 Å². The number of benzene rings is 2. The van der Waals surface area contributed by atoms with Gasteiger partial charge in [0.05, 0.1) is 11.6 Å². The van der Waals surface area contributed by atoms with Gasteiger partial charge in [-0.05, 0) is 35.7 Å². The molecule has 2 unspecified atom stereocenters. The molecule has 2 atom stereocenters. The molecule has 3 aromatic rings. The molecule has 0 bridgehead atoms. The van der Waals surface area contributed by atoms with Crippen LogP contribution in [0.25, 0.3) is 11.3 Å². The van der Waals surface area contributed by atoms with Crippen molar-refractivity contribution in [1.82, 2.24) is 15.3 Å². The molecular weight excluding hydrogens is 450 g/mol. The Bertz CT molecular complexity index is 1180. The second-order valence-electron chi connectivity index (χ2n) is 8.87. The summed E-state index contributed by atoms with van der Waals surface area (Å²) in [7, 11) is 0. The summed E-state index contributed by atoms with van der Waals surface area (Å²) in [5.74, 6) is 0.0871. The number of halogens is 1. The predicted octanol–water partition coefficient (Wildman–Crippen LogP) is 4.96. The van der Waals surface area contributed by atoms with Gasteiger partial charge in [0.25, 0.3) is 0 Å². The van der Waals surface area contributed by atoms with Crippen molar-refractivity contribution in [2.24, 2.45) is 0 Å². The van der Waals surface area contributed by atoms with E-state index in [0.717, 1.165) is 22.4 Å². The molecule has 2 aromatic carbocycles. The van der Waals surface area contributed by atoms with Gasteiger partial charge in [0.15, 0.2) is 0 Å². The molecule has 1 aliphatic heterocycles.